The number of pyridine rings is 1. The van der Waals surface area contributed by atoms with Gasteiger partial charge in [0.15, 0.2) is 0 Å². The van der Waals surface area contributed by atoms with Crippen LogP contribution in [0.15, 0.2) is 36.7 Å². The number of aromatic nitrogens is 1. The summed E-state index contributed by atoms with van der Waals surface area (Å²) in [7, 11) is 0. The highest BCUT2D eigenvalue weighted by Gasteiger charge is 1.91. The quantitative estimate of drug-likeness (QED) is 0.614. The lowest BCUT2D eigenvalue weighted by molar-refractivity contribution is 0.199. The van der Waals surface area contributed by atoms with Crippen molar-refractivity contribution in [3.63, 3.8) is 0 Å². The Labute approximate surface area is 66.5 Å². The van der Waals surface area contributed by atoms with Crippen molar-refractivity contribution < 1.29 is 4.74 Å². The molecule has 0 atom stereocenters. The van der Waals surface area contributed by atoms with Crippen molar-refractivity contribution >= 4 is 0 Å². The highest BCUT2D eigenvalue weighted by atomic mass is 16.5. The summed E-state index contributed by atoms with van der Waals surface area (Å²) in [5.74, 6) is 0.718. The van der Waals surface area contributed by atoms with Gasteiger partial charge in [-0.2, -0.15) is 0 Å². The molecule has 0 N–H and O–H groups in total. The van der Waals surface area contributed by atoms with Crippen LogP contribution in [0.4, 0.5) is 0 Å². The Morgan fingerprint density at radius 2 is 2.45 bits per heavy atom. The number of nitrogens with zero attached hydrogens (tertiary/aromatic N) is 1. The van der Waals surface area contributed by atoms with Gasteiger partial charge in [0, 0.05) is 6.20 Å². The van der Waals surface area contributed by atoms with Crippen LogP contribution in [0.5, 0.6) is 0 Å². The second kappa shape index (κ2) is 3.76. The lowest BCUT2D eigenvalue weighted by Gasteiger charge is -2.02. The van der Waals surface area contributed by atoms with E-state index < -0.39 is 0 Å². The van der Waals surface area contributed by atoms with Gasteiger partial charge in [-0.25, -0.2) is 0 Å². The van der Waals surface area contributed by atoms with Crippen molar-refractivity contribution in [3.8, 4) is 0 Å². The number of ether oxygens (including phenoxy) is 1. The Hall–Kier alpha value is -1.31. The molecule has 0 aliphatic carbocycles. The summed E-state index contributed by atoms with van der Waals surface area (Å²) in [5.41, 5.74) is 0.926. The normalized spacial score (nSPS) is 9.18. The van der Waals surface area contributed by atoms with E-state index in [2.05, 4.69) is 11.6 Å². The zero-order valence-corrected chi connectivity index (χ0v) is 6.58. The third-order valence-electron chi connectivity index (χ3n) is 1.19. The van der Waals surface area contributed by atoms with E-state index in [1.807, 2.05) is 25.1 Å². The third-order valence-corrected chi connectivity index (χ3v) is 1.19. The molecule has 0 fully saturated rings. The molecular formula is C9H11NO. The topological polar surface area (TPSA) is 22.1 Å². The summed E-state index contributed by atoms with van der Waals surface area (Å²) in [6, 6.07) is 5.73. The summed E-state index contributed by atoms with van der Waals surface area (Å²) in [4.78, 5) is 4.08. The van der Waals surface area contributed by atoms with E-state index in [0.29, 0.717) is 6.61 Å². The maximum Gasteiger partial charge on any atom is 0.130 e. The first-order chi connectivity index (χ1) is 5.29. The van der Waals surface area contributed by atoms with Crippen LogP contribution in [0, 0.1) is 0 Å². The molecule has 58 valence electrons. The maximum absolute atomic E-state index is 5.17. The van der Waals surface area contributed by atoms with Crippen LogP contribution >= 0.6 is 0 Å². The molecule has 1 rings (SSSR count). The highest BCUT2D eigenvalue weighted by molar-refractivity contribution is 5.02. The second-order valence-electron chi connectivity index (χ2n) is 2.31. The van der Waals surface area contributed by atoms with Gasteiger partial charge < -0.3 is 4.74 Å². The molecule has 0 aromatic carbocycles. The second-order valence-corrected chi connectivity index (χ2v) is 2.31. The van der Waals surface area contributed by atoms with Crippen molar-refractivity contribution in [1.29, 1.82) is 0 Å². The van der Waals surface area contributed by atoms with Crippen molar-refractivity contribution in [2.75, 3.05) is 0 Å². The van der Waals surface area contributed by atoms with Gasteiger partial charge in [-0.3, -0.25) is 4.98 Å². The van der Waals surface area contributed by atoms with Crippen LogP contribution in [0.3, 0.4) is 0 Å². The molecule has 0 saturated carbocycles. The highest BCUT2D eigenvalue weighted by Crippen LogP contribution is 1.99. The number of allylic oxidation sites excluding steroid dienone is 1. The summed E-state index contributed by atoms with van der Waals surface area (Å²) in [5, 5.41) is 0. The molecule has 0 saturated heterocycles. The van der Waals surface area contributed by atoms with E-state index in [1.54, 1.807) is 6.20 Å². The molecule has 0 unspecified atom stereocenters. The zero-order valence-electron chi connectivity index (χ0n) is 6.58. The minimum absolute atomic E-state index is 0.510. The fourth-order valence-electron chi connectivity index (χ4n) is 0.681. The molecule has 2 heteroatoms. The van der Waals surface area contributed by atoms with Gasteiger partial charge in [-0.1, -0.05) is 12.6 Å². The van der Waals surface area contributed by atoms with Crippen molar-refractivity contribution in [3.05, 3.63) is 42.4 Å². The van der Waals surface area contributed by atoms with E-state index in [1.165, 1.54) is 0 Å². The lowest BCUT2D eigenvalue weighted by atomic mass is 10.4. The van der Waals surface area contributed by atoms with Crippen LogP contribution in [0.2, 0.25) is 0 Å². The molecule has 11 heavy (non-hydrogen) atoms. The van der Waals surface area contributed by atoms with Crippen LogP contribution in [-0.2, 0) is 11.3 Å². The molecule has 1 heterocycles. The Balaban J connectivity index is 2.45. The van der Waals surface area contributed by atoms with Gasteiger partial charge in [-0.15, -0.1) is 0 Å². The fraction of sp³-hybridized carbons (Fsp3) is 0.222. The van der Waals surface area contributed by atoms with Gasteiger partial charge in [-0.05, 0) is 19.1 Å². The average molecular weight is 149 g/mol. The molecule has 0 spiro atoms. The lowest BCUT2D eigenvalue weighted by Crippen LogP contribution is -1.91. The van der Waals surface area contributed by atoms with Gasteiger partial charge >= 0.3 is 0 Å². The van der Waals surface area contributed by atoms with Crippen LogP contribution in [0.1, 0.15) is 12.6 Å². The number of rotatable bonds is 3. The molecule has 0 radical (unpaired) electrons. The van der Waals surface area contributed by atoms with E-state index >= 15 is 0 Å². The van der Waals surface area contributed by atoms with E-state index in [4.69, 9.17) is 4.74 Å². The number of hydrogen-bond acceptors (Lipinski definition) is 2. The van der Waals surface area contributed by atoms with E-state index in [9.17, 15) is 0 Å². The molecule has 1 aromatic rings. The Kier molecular flexibility index (Phi) is 2.66. The van der Waals surface area contributed by atoms with Crippen molar-refractivity contribution in [2.24, 2.45) is 0 Å². The maximum atomic E-state index is 5.17. The smallest absolute Gasteiger partial charge is 0.130 e. The van der Waals surface area contributed by atoms with Crippen molar-refractivity contribution in [2.45, 2.75) is 13.5 Å². The SMILES string of the molecule is C=C(C)OCc1ccccn1. The number of hydrogen-bond donors (Lipinski definition) is 0. The Morgan fingerprint density at radius 3 is 3.00 bits per heavy atom. The monoisotopic (exact) mass is 149 g/mol. The predicted octanol–water partition coefficient (Wildman–Crippen LogP) is 2.13. The first kappa shape index (κ1) is 7.79. The first-order valence-corrected chi connectivity index (χ1v) is 3.47. The first-order valence-electron chi connectivity index (χ1n) is 3.47. The summed E-state index contributed by atoms with van der Waals surface area (Å²) < 4.78 is 5.17. The Morgan fingerprint density at radius 1 is 1.64 bits per heavy atom. The molecule has 0 amide bonds. The van der Waals surface area contributed by atoms with Gasteiger partial charge in [0.25, 0.3) is 0 Å². The predicted molar refractivity (Wildman–Crippen MR) is 43.8 cm³/mol. The molecule has 2 nitrogen and oxygen atoms in total. The fourth-order valence-corrected chi connectivity index (χ4v) is 0.681. The van der Waals surface area contributed by atoms with Crippen LogP contribution < -0.4 is 0 Å². The molecule has 0 bridgehead atoms. The molecule has 0 aliphatic rings. The third kappa shape index (κ3) is 2.85. The van der Waals surface area contributed by atoms with Crippen LogP contribution in [-0.4, -0.2) is 4.98 Å². The minimum atomic E-state index is 0.510. The van der Waals surface area contributed by atoms with E-state index in [0.717, 1.165) is 11.5 Å². The molecule has 0 aliphatic heterocycles. The minimum Gasteiger partial charge on any atom is -0.493 e. The molecular weight excluding hydrogens is 138 g/mol. The van der Waals surface area contributed by atoms with E-state index in [-0.39, 0.29) is 0 Å². The molecule has 1 aromatic heterocycles. The summed E-state index contributed by atoms with van der Waals surface area (Å²) >= 11 is 0. The summed E-state index contributed by atoms with van der Waals surface area (Å²) in [6.07, 6.45) is 1.75. The van der Waals surface area contributed by atoms with Gasteiger partial charge in [0.05, 0.1) is 11.5 Å². The average Bonchev–Trinajstić information content (AvgIpc) is 2.03. The summed E-state index contributed by atoms with van der Waals surface area (Å²) in [6.45, 7) is 5.95. The standard InChI is InChI=1S/C9H11NO/c1-8(2)11-7-9-5-3-4-6-10-9/h3-6H,1,7H2,2H3. The van der Waals surface area contributed by atoms with Crippen LogP contribution in [0.25, 0.3) is 0 Å². The van der Waals surface area contributed by atoms with Crippen molar-refractivity contribution in [1.82, 2.24) is 4.98 Å². The Bertz CT molecular complexity index is 231. The van der Waals surface area contributed by atoms with Gasteiger partial charge in [0.1, 0.15) is 6.61 Å². The zero-order chi connectivity index (χ0) is 8.10. The largest absolute Gasteiger partial charge is 0.493 e. The van der Waals surface area contributed by atoms with Gasteiger partial charge in [0.2, 0.25) is 0 Å².